The highest BCUT2D eigenvalue weighted by Crippen LogP contribution is 2.16. The number of aryl methyl sites for hydroxylation is 1. The minimum atomic E-state index is -0.0619. The van der Waals surface area contributed by atoms with E-state index in [0.717, 1.165) is 18.9 Å². The van der Waals surface area contributed by atoms with E-state index in [4.69, 9.17) is 5.73 Å². The van der Waals surface area contributed by atoms with Crippen molar-refractivity contribution in [3.8, 4) is 0 Å². The lowest BCUT2D eigenvalue weighted by atomic mass is 10.2. The molecule has 1 aliphatic heterocycles. The van der Waals surface area contributed by atoms with Gasteiger partial charge in [0.05, 0.1) is 11.9 Å². The molecule has 0 spiro atoms. The van der Waals surface area contributed by atoms with Crippen molar-refractivity contribution in [3.05, 3.63) is 36.3 Å². The first-order valence-corrected chi connectivity index (χ1v) is 6.89. The fraction of sp³-hybridized carbons (Fsp3) is 0.357. The number of rotatable bonds is 2. The van der Waals surface area contributed by atoms with E-state index < -0.39 is 0 Å². The molecule has 1 saturated heterocycles. The minimum absolute atomic E-state index is 0.0619. The molecule has 0 aliphatic carbocycles. The van der Waals surface area contributed by atoms with Gasteiger partial charge in [0, 0.05) is 39.4 Å². The highest BCUT2D eigenvalue weighted by atomic mass is 16.2. The number of nitrogens with zero attached hydrogens (tertiary/aromatic N) is 5. The molecule has 3 heterocycles. The topological polar surface area (TPSA) is 80.3 Å². The molecule has 2 aromatic heterocycles. The summed E-state index contributed by atoms with van der Waals surface area (Å²) in [5.41, 5.74) is 6.70. The SMILES string of the molecule is Cn1ncc(N)c1C(=O)N1CCN(c2ccccn2)CC1. The molecule has 2 N–H and O–H groups in total. The predicted molar refractivity (Wildman–Crippen MR) is 80.0 cm³/mol. The number of carbonyl (C=O) groups excluding carboxylic acids is 1. The molecule has 1 aliphatic rings. The zero-order valence-corrected chi connectivity index (χ0v) is 11.9. The lowest BCUT2D eigenvalue weighted by molar-refractivity contribution is 0.0736. The highest BCUT2D eigenvalue weighted by molar-refractivity contribution is 5.97. The van der Waals surface area contributed by atoms with Gasteiger partial charge < -0.3 is 15.5 Å². The van der Waals surface area contributed by atoms with E-state index in [-0.39, 0.29) is 5.91 Å². The van der Waals surface area contributed by atoms with E-state index in [9.17, 15) is 4.79 Å². The number of hydrogen-bond donors (Lipinski definition) is 1. The first-order valence-electron chi connectivity index (χ1n) is 6.89. The summed E-state index contributed by atoms with van der Waals surface area (Å²) in [6, 6.07) is 5.85. The molecule has 7 nitrogen and oxygen atoms in total. The molecule has 2 aromatic rings. The number of hydrogen-bond acceptors (Lipinski definition) is 5. The van der Waals surface area contributed by atoms with E-state index in [1.54, 1.807) is 13.2 Å². The van der Waals surface area contributed by atoms with Gasteiger partial charge in [-0.3, -0.25) is 9.48 Å². The number of nitrogens with two attached hydrogens (primary N) is 1. The van der Waals surface area contributed by atoms with Gasteiger partial charge in [0.2, 0.25) is 0 Å². The second-order valence-corrected chi connectivity index (χ2v) is 5.04. The molecule has 0 aromatic carbocycles. The lowest BCUT2D eigenvalue weighted by Crippen LogP contribution is -2.49. The number of piperazine rings is 1. The van der Waals surface area contributed by atoms with E-state index >= 15 is 0 Å². The first-order chi connectivity index (χ1) is 10.2. The van der Waals surface area contributed by atoms with Gasteiger partial charge in [-0.25, -0.2) is 4.98 Å². The zero-order valence-electron chi connectivity index (χ0n) is 11.9. The largest absolute Gasteiger partial charge is 0.396 e. The number of pyridine rings is 1. The molecular formula is C14H18N6O. The van der Waals surface area contributed by atoms with Crippen molar-refractivity contribution < 1.29 is 4.79 Å². The smallest absolute Gasteiger partial charge is 0.274 e. The van der Waals surface area contributed by atoms with Crippen molar-refractivity contribution >= 4 is 17.4 Å². The molecule has 0 saturated carbocycles. The number of nitrogen functional groups attached to an aromatic ring is 1. The van der Waals surface area contributed by atoms with Crippen LogP contribution < -0.4 is 10.6 Å². The van der Waals surface area contributed by atoms with Gasteiger partial charge in [0.1, 0.15) is 11.5 Å². The maximum Gasteiger partial charge on any atom is 0.274 e. The summed E-state index contributed by atoms with van der Waals surface area (Å²) in [5, 5.41) is 4.02. The maximum absolute atomic E-state index is 12.5. The van der Waals surface area contributed by atoms with Gasteiger partial charge in [-0.05, 0) is 12.1 Å². The van der Waals surface area contributed by atoms with Gasteiger partial charge in [0.25, 0.3) is 5.91 Å². The van der Waals surface area contributed by atoms with Crippen molar-refractivity contribution in [1.29, 1.82) is 0 Å². The number of anilines is 2. The Hall–Kier alpha value is -2.57. The molecular weight excluding hydrogens is 268 g/mol. The quantitative estimate of drug-likeness (QED) is 0.862. The third-order valence-electron chi connectivity index (χ3n) is 3.71. The monoisotopic (exact) mass is 286 g/mol. The van der Waals surface area contributed by atoms with Crippen molar-refractivity contribution in [2.24, 2.45) is 7.05 Å². The van der Waals surface area contributed by atoms with E-state index in [1.807, 2.05) is 23.1 Å². The average molecular weight is 286 g/mol. The normalized spacial score (nSPS) is 15.3. The van der Waals surface area contributed by atoms with Gasteiger partial charge in [-0.2, -0.15) is 5.10 Å². The van der Waals surface area contributed by atoms with E-state index in [2.05, 4.69) is 15.0 Å². The summed E-state index contributed by atoms with van der Waals surface area (Å²) in [4.78, 5) is 20.8. The van der Waals surface area contributed by atoms with Crippen LogP contribution in [0.3, 0.4) is 0 Å². The summed E-state index contributed by atoms with van der Waals surface area (Å²) >= 11 is 0. The molecule has 0 radical (unpaired) electrons. The zero-order chi connectivity index (χ0) is 14.8. The van der Waals surface area contributed by atoms with Gasteiger partial charge in [-0.15, -0.1) is 0 Å². The Morgan fingerprint density at radius 1 is 1.24 bits per heavy atom. The van der Waals surface area contributed by atoms with Crippen molar-refractivity contribution in [2.75, 3.05) is 36.8 Å². The van der Waals surface area contributed by atoms with Gasteiger partial charge in [-0.1, -0.05) is 6.07 Å². The Morgan fingerprint density at radius 2 is 2.00 bits per heavy atom. The molecule has 0 bridgehead atoms. The second kappa shape index (κ2) is 5.43. The number of aromatic nitrogens is 3. The third kappa shape index (κ3) is 2.54. The minimum Gasteiger partial charge on any atom is -0.396 e. The Balaban J connectivity index is 1.68. The van der Waals surface area contributed by atoms with Crippen molar-refractivity contribution in [1.82, 2.24) is 19.7 Å². The predicted octanol–water partition coefficient (Wildman–Crippen LogP) is 0.360. The first kappa shape index (κ1) is 13.4. The Morgan fingerprint density at radius 3 is 2.57 bits per heavy atom. The van der Waals surface area contributed by atoms with Crippen LogP contribution in [0.25, 0.3) is 0 Å². The van der Waals surface area contributed by atoms with Crippen LogP contribution in [0.1, 0.15) is 10.5 Å². The standard InChI is InChI=1S/C14H18N6O/c1-18-13(11(15)10-17-18)14(21)20-8-6-19(7-9-20)12-4-2-3-5-16-12/h2-5,10H,6-9,15H2,1H3. The number of amides is 1. The van der Waals surface area contributed by atoms with E-state index in [0.29, 0.717) is 24.5 Å². The average Bonchev–Trinajstić information content (AvgIpc) is 2.87. The van der Waals surface area contributed by atoms with Crippen LogP contribution in [0, 0.1) is 0 Å². The van der Waals surface area contributed by atoms with Crippen LogP contribution in [0.5, 0.6) is 0 Å². The molecule has 1 amide bonds. The van der Waals surface area contributed by atoms with Crippen LogP contribution in [-0.2, 0) is 7.05 Å². The summed E-state index contributed by atoms with van der Waals surface area (Å²) in [6.07, 6.45) is 3.29. The Labute approximate surface area is 123 Å². The molecule has 3 rings (SSSR count). The summed E-state index contributed by atoms with van der Waals surface area (Å²) in [7, 11) is 1.73. The second-order valence-electron chi connectivity index (χ2n) is 5.04. The molecule has 0 atom stereocenters. The summed E-state index contributed by atoms with van der Waals surface area (Å²) in [5.74, 6) is 0.887. The van der Waals surface area contributed by atoms with E-state index in [1.165, 1.54) is 10.9 Å². The van der Waals surface area contributed by atoms with Crippen molar-refractivity contribution in [3.63, 3.8) is 0 Å². The molecule has 0 unspecified atom stereocenters. The van der Waals surface area contributed by atoms with Crippen molar-refractivity contribution in [2.45, 2.75) is 0 Å². The fourth-order valence-corrected chi connectivity index (χ4v) is 2.55. The molecule has 21 heavy (non-hydrogen) atoms. The fourth-order valence-electron chi connectivity index (χ4n) is 2.55. The molecule has 7 heteroatoms. The molecule has 110 valence electrons. The third-order valence-corrected chi connectivity index (χ3v) is 3.71. The van der Waals surface area contributed by atoms with Crippen LogP contribution >= 0.6 is 0 Å². The highest BCUT2D eigenvalue weighted by Gasteiger charge is 2.26. The Kier molecular flexibility index (Phi) is 3.47. The van der Waals surface area contributed by atoms with Crippen LogP contribution in [-0.4, -0.2) is 51.8 Å². The van der Waals surface area contributed by atoms with Crippen LogP contribution in [0.15, 0.2) is 30.6 Å². The Bertz CT molecular complexity index is 611. The van der Waals surface area contributed by atoms with Gasteiger partial charge >= 0.3 is 0 Å². The molecule has 1 fully saturated rings. The maximum atomic E-state index is 12.5. The summed E-state index contributed by atoms with van der Waals surface area (Å²) < 4.78 is 1.53. The van der Waals surface area contributed by atoms with Crippen LogP contribution in [0.4, 0.5) is 11.5 Å². The summed E-state index contributed by atoms with van der Waals surface area (Å²) in [6.45, 7) is 2.83. The lowest BCUT2D eigenvalue weighted by Gasteiger charge is -2.35. The van der Waals surface area contributed by atoms with Crippen LogP contribution in [0.2, 0.25) is 0 Å². The van der Waals surface area contributed by atoms with Gasteiger partial charge in [0.15, 0.2) is 0 Å². The number of carbonyl (C=O) groups is 1.